The van der Waals surface area contributed by atoms with Gasteiger partial charge in [-0.05, 0) is 25.7 Å². The van der Waals surface area contributed by atoms with Gasteiger partial charge in [0.05, 0.1) is 6.10 Å². The van der Waals surface area contributed by atoms with Crippen molar-refractivity contribution >= 4 is 5.91 Å². The van der Waals surface area contributed by atoms with Gasteiger partial charge in [-0.2, -0.15) is 0 Å². The largest absolute Gasteiger partial charge is 0.367 e. The molecule has 3 unspecified atom stereocenters. The normalized spacial score (nSPS) is 30.3. The minimum absolute atomic E-state index is 0.0254. The third-order valence-electron chi connectivity index (χ3n) is 2.53. The monoisotopic (exact) mass is 186 g/mol. The Kier molecular flexibility index (Phi) is 3.69. The van der Waals surface area contributed by atoms with E-state index in [4.69, 9.17) is 16.2 Å². The highest BCUT2D eigenvalue weighted by molar-refractivity contribution is 5.78. The highest BCUT2D eigenvalue weighted by Crippen LogP contribution is 2.22. The SMILES string of the molecule is CCC(OC1CCCC1N)C(N)=O. The van der Waals surface area contributed by atoms with Crippen LogP contribution in [0.4, 0.5) is 0 Å². The Morgan fingerprint density at radius 3 is 2.69 bits per heavy atom. The molecule has 76 valence electrons. The summed E-state index contributed by atoms with van der Waals surface area (Å²) in [7, 11) is 0. The molecule has 4 nitrogen and oxygen atoms in total. The third kappa shape index (κ3) is 2.67. The molecule has 13 heavy (non-hydrogen) atoms. The first-order valence-corrected chi connectivity index (χ1v) is 4.85. The van der Waals surface area contributed by atoms with Crippen LogP contribution in [0.15, 0.2) is 0 Å². The molecule has 1 fully saturated rings. The van der Waals surface area contributed by atoms with Crippen LogP contribution < -0.4 is 11.5 Å². The number of ether oxygens (including phenoxy) is 1. The van der Waals surface area contributed by atoms with Crippen LogP contribution in [0, 0.1) is 0 Å². The van der Waals surface area contributed by atoms with Crippen LogP contribution in [0.2, 0.25) is 0 Å². The number of nitrogens with two attached hydrogens (primary N) is 2. The first-order chi connectivity index (χ1) is 6.15. The van der Waals surface area contributed by atoms with E-state index < -0.39 is 6.10 Å². The van der Waals surface area contributed by atoms with Gasteiger partial charge in [0.2, 0.25) is 5.91 Å². The Balaban J connectivity index is 2.41. The number of carbonyl (C=O) groups is 1. The van der Waals surface area contributed by atoms with E-state index >= 15 is 0 Å². The van der Waals surface area contributed by atoms with Crippen LogP contribution in [0.3, 0.4) is 0 Å². The lowest BCUT2D eigenvalue weighted by atomic mass is 10.2. The quantitative estimate of drug-likeness (QED) is 0.655. The van der Waals surface area contributed by atoms with E-state index in [2.05, 4.69) is 0 Å². The molecule has 1 saturated carbocycles. The molecular weight excluding hydrogens is 168 g/mol. The van der Waals surface area contributed by atoms with Gasteiger partial charge >= 0.3 is 0 Å². The fourth-order valence-electron chi connectivity index (χ4n) is 1.70. The number of hydrogen-bond acceptors (Lipinski definition) is 3. The average molecular weight is 186 g/mol. The molecule has 0 saturated heterocycles. The van der Waals surface area contributed by atoms with E-state index in [1.165, 1.54) is 0 Å². The first kappa shape index (κ1) is 10.5. The highest BCUT2D eigenvalue weighted by Gasteiger charge is 2.28. The maximum atomic E-state index is 10.9. The first-order valence-electron chi connectivity index (χ1n) is 4.85. The van der Waals surface area contributed by atoms with Crippen molar-refractivity contribution in [2.45, 2.75) is 50.9 Å². The predicted octanol–water partition coefficient (Wildman–Crippen LogP) is 0.147. The summed E-state index contributed by atoms with van der Waals surface area (Å²) in [6.45, 7) is 1.88. The summed E-state index contributed by atoms with van der Waals surface area (Å²) in [4.78, 5) is 10.9. The van der Waals surface area contributed by atoms with Gasteiger partial charge < -0.3 is 16.2 Å². The smallest absolute Gasteiger partial charge is 0.246 e. The minimum Gasteiger partial charge on any atom is -0.367 e. The molecule has 0 radical (unpaired) electrons. The standard InChI is InChI=1S/C9H18N2O2/c1-2-7(9(11)12)13-8-5-3-4-6(8)10/h6-8H,2-5,10H2,1H3,(H2,11,12). The Bertz CT molecular complexity index is 184. The predicted molar refractivity (Wildman–Crippen MR) is 50.0 cm³/mol. The Morgan fingerprint density at radius 2 is 2.31 bits per heavy atom. The van der Waals surface area contributed by atoms with Crippen molar-refractivity contribution in [1.29, 1.82) is 0 Å². The van der Waals surface area contributed by atoms with Crippen LogP contribution in [0.5, 0.6) is 0 Å². The molecule has 0 aromatic rings. The molecule has 0 aromatic heterocycles. The molecule has 1 rings (SSSR count). The molecule has 1 aliphatic carbocycles. The van der Waals surface area contributed by atoms with Crippen molar-refractivity contribution in [3.63, 3.8) is 0 Å². The van der Waals surface area contributed by atoms with E-state index in [-0.39, 0.29) is 18.1 Å². The van der Waals surface area contributed by atoms with Crippen molar-refractivity contribution in [2.75, 3.05) is 0 Å². The molecule has 1 aliphatic rings. The maximum absolute atomic E-state index is 10.9. The van der Waals surface area contributed by atoms with Gasteiger partial charge in [-0.25, -0.2) is 0 Å². The van der Waals surface area contributed by atoms with Crippen molar-refractivity contribution in [3.05, 3.63) is 0 Å². The molecule has 4 heteroatoms. The van der Waals surface area contributed by atoms with Gasteiger partial charge in [0, 0.05) is 6.04 Å². The second-order valence-electron chi connectivity index (χ2n) is 3.57. The lowest BCUT2D eigenvalue weighted by Crippen LogP contribution is -2.39. The molecule has 0 aliphatic heterocycles. The van der Waals surface area contributed by atoms with Crippen LogP contribution in [-0.4, -0.2) is 24.2 Å². The third-order valence-corrected chi connectivity index (χ3v) is 2.53. The summed E-state index contributed by atoms with van der Waals surface area (Å²) in [5, 5.41) is 0. The van der Waals surface area contributed by atoms with Gasteiger partial charge in [0.15, 0.2) is 0 Å². The zero-order chi connectivity index (χ0) is 9.84. The average Bonchev–Trinajstić information content (AvgIpc) is 2.46. The van der Waals surface area contributed by atoms with E-state index in [0.29, 0.717) is 6.42 Å². The number of hydrogen-bond donors (Lipinski definition) is 2. The van der Waals surface area contributed by atoms with Crippen molar-refractivity contribution < 1.29 is 9.53 Å². The second-order valence-corrected chi connectivity index (χ2v) is 3.57. The molecule has 0 aromatic carbocycles. The van der Waals surface area contributed by atoms with Crippen LogP contribution >= 0.6 is 0 Å². The molecule has 4 N–H and O–H groups in total. The molecule has 1 amide bonds. The fourth-order valence-corrected chi connectivity index (χ4v) is 1.70. The summed E-state index contributed by atoms with van der Waals surface area (Å²) in [5.74, 6) is -0.387. The van der Waals surface area contributed by atoms with E-state index in [9.17, 15) is 4.79 Å². The van der Waals surface area contributed by atoms with Crippen LogP contribution in [0.25, 0.3) is 0 Å². The summed E-state index contributed by atoms with van der Waals surface area (Å²) in [6, 6.07) is 0.0772. The van der Waals surface area contributed by atoms with Crippen molar-refractivity contribution in [2.24, 2.45) is 11.5 Å². The number of primary amides is 1. The van der Waals surface area contributed by atoms with Crippen molar-refractivity contribution in [3.8, 4) is 0 Å². The number of amides is 1. The molecule has 0 bridgehead atoms. The van der Waals surface area contributed by atoms with Gasteiger partial charge in [-0.15, -0.1) is 0 Å². The lowest BCUT2D eigenvalue weighted by molar-refractivity contribution is -0.133. The van der Waals surface area contributed by atoms with Gasteiger partial charge in [-0.1, -0.05) is 6.92 Å². The second kappa shape index (κ2) is 4.58. The molecule has 0 spiro atoms. The Labute approximate surface area is 78.6 Å². The topological polar surface area (TPSA) is 78.3 Å². The van der Waals surface area contributed by atoms with Crippen LogP contribution in [-0.2, 0) is 9.53 Å². The van der Waals surface area contributed by atoms with Gasteiger partial charge in [0.25, 0.3) is 0 Å². The maximum Gasteiger partial charge on any atom is 0.246 e. The Morgan fingerprint density at radius 1 is 1.62 bits per heavy atom. The number of carbonyl (C=O) groups excluding carboxylic acids is 1. The minimum atomic E-state index is -0.464. The zero-order valence-corrected chi connectivity index (χ0v) is 8.03. The fraction of sp³-hybridized carbons (Fsp3) is 0.889. The van der Waals surface area contributed by atoms with E-state index in [0.717, 1.165) is 19.3 Å². The van der Waals surface area contributed by atoms with Crippen LogP contribution in [0.1, 0.15) is 32.6 Å². The number of rotatable bonds is 4. The van der Waals surface area contributed by atoms with E-state index in [1.54, 1.807) is 0 Å². The van der Waals surface area contributed by atoms with Gasteiger partial charge in [-0.3, -0.25) is 4.79 Å². The lowest BCUT2D eigenvalue weighted by Gasteiger charge is -2.21. The Hall–Kier alpha value is -0.610. The summed E-state index contributed by atoms with van der Waals surface area (Å²) < 4.78 is 5.53. The molecule has 3 atom stereocenters. The zero-order valence-electron chi connectivity index (χ0n) is 8.03. The summed E-state index contributed by atoms with van der Waals surface area (Å²) in [5.41, 5.74) is 11.0. The summed E-state index contributed by atoms with van der Waals surface area (Å²) >= 11 is 0. The van der Waals surface area contributed by atoms with Crippen molar-refractivity contribution in [1.82, 2.24) is 0 Å². The van der Waals surface area contributed by atoms with E-state index in [1.807, 2.05) is 6.92 Å². The molecule has 0 heterocycles. The van der Waals surface area contributed by atoms with Gasteiger partial charge in [0.1, 0.15) is 6.10 Å². The summed E-state index contributed by atoms with van der Waals surface area (Å²) in [6.07, 6.45) is 3.20. The molecular formula is C9H18N2O2. The highest BCUT2D eigenvalue weighted by atomic mass is 16.5.